The highest BCUT2D eigenvalue weighted by Crippen LogP contribution is 2.26. The highest BCUT2D eigenvalue weighted by Gasteiger charge is 2.31. The van der Waals surface area contributed by atoms with E-state index in [2.05, 4.69) is 50.0 Å². The number of nitrogens with one attached hydrogen (secondary N) is 1. The van der Waals surface area contributed by atoms with E-state index in [-0.39, 0.29) is 18.1 Å². The topological polar surface area (TPSA) is 57.2 Å². The van der Waals surface area contributed by atoms with E-state index in [0.717, 1.165) is 48.8 Å². The van der Waals surface area contributed by atoms with Gasteiger partial charge in [-0.15, -0.1) is 0 Å². The fourth-order valence-corrected chi connectivity index (χ4v) is 4.19. The molecule has 34 heavy (non-hydrogen) atoms. The third-order valence-electron chi connectivity index (χ3n) is 6.28. The first-order chi connectivity index (χ1) is 16.3. The Bertz CT molecular complexity index is 947. The lowest BCUT2D eigenvalue weighted by atomic mass is 9.94. The number of amides is 2. The van der Waals surface area contributed by atoms with Crippen LogP contribution in [0.25, 0.3) is 0 Å². The normalized spacial score (nSPS) is 15.9. The molecule has 1 N–H and O–H groups in total. The molecule has 1 atom stereocenters. The predicted molar refractivity (Wildman–Crippen MR) is 141 cm³/mol. The molecule has 0 fully saturated rings. The van der Waals surface area contributed by atoms with Crippen molar-refractivity contribution in [3.8, 4) is 5.75 Å². The number of ether oxygens (including phenoxy) is 1. The molecular weight excluding hydrogens is 424 g/mol. The lowest BCUT2D eigenvalue weighted by Gasteiger charge is -2.21. The van der Waals surface area contributed by atoms with Gasteiger partial charge in [-0.25, -0.2) is 9.80 Å². The van der Waals surface area contributed by atoms with Crippen molar-refractivity contribution in [2.75, 3.05) is 31.5 Å². The van der Waals surface area contributed by atoms with Crippen LogP contribution in [-0.4, -0.2) is 53.9 Å². The fraction of sp³-hybridized carbons (Fsp3) is 0.500. The smallest absolute Gasteiger partial charge is 0.342 e. The average molecular weight is 465 g/mol. The molecule has 2 aromatic carbocycles. The van der Waals surface area contributed by atoms with E-state index in [1.54, 1.807) is 5.01 Å². The Morgan fingerprint density at radius 3 is 2.26 bits per heavy atom. The molecule has 0 spiro atoms. The van der Waals surface area contributed by atoms with Crippen molar-refractivity contribution >= 4 is 17.4 Å². The van der Waals surface area contributed by atoms with Crippen molar-refractivity contribution in [3.05, 3.63) is 59.7 Å². The van der Waals surface area contributed by atoms with Crippen molar-refractivity contribution in [2.45, 2.75) is 60.0 Å². The summed E-state index contributed by atoms with van der Waals surface area (Å²) >= 11 is 0. The molecule has 0 saturated heterocycles. The van der Waals surface area contributed by atoms with E-state index < -0.39 is 0 Å². The summed E-state index contributed by atoms with van der Waals surface area (Å²) in [6, 6.07) is 15.9. The van der Waals surface area contributed by atoms with E-state index >= 15 is 0 Å². The van der Waals surface area contributed by atoms with Crippen LogP contribution >= 0.6 is 0 Å². The summed E-state index contributed by atoms with van der Waals surface area (Å²) < 4.78 is 5.79. The second-order valence-corrected chi connectivity index (χ2v) is 9.48. The van der Waals surface area contributed by atoms with Crippen LogP contribution in [0.15, 0.2) is 53.6 Å². The third-order valence-corrected chi connectivity index (χ3v) is 6.28. The van der Waals surface area contributed by atoms with Gasteiger partial charge in [0.2, 0.25) is 0 Å². The van der Waals surface area contributed by atoms with Gasteiger partial charge in [0.1, 0.15) is 5.75 Å². The summed E-state index contributed by atoms with van der Waals surface area (Å²) in [5.41, 5.74) is 4.04. The van der Waals surface area contributed by atoms with Gasteiger partial charge < -0.3 is 15.0 Å². The highest BCUT2D eigenvalue weighted by molar-refractivity contribution is 6.05. The molecule has 2 amide bonds. The van der Waals surface area contributed by atoms with Gasteiger partial charge in [-0.05, 0) is 93.3 Å². The molecule has 6 nitrogen and oxygen atoms in total. The molecule has 2 aromatic rings. The van der Waals surface area contributed by atoms with Crippen molar-refractivity contribution in [1.29, 1.82) is 0 Å². The monoisotopic (exact) mass is 464 g/mol. The molecule has 1 heterocycles. The summed E-state index contributed by atoms with van der Waals surface area (Å²) in [4.78, 5) is 15.5. The number of rotatable bonds is 10. The van der Waals surface area contributed by atoms with Gasteiger partial charge >= 0.3 is 6.03 Å². The third kappa shape index (κ3) is 6.83. The lowest BCUT2D eigenvalue weighted by molar-refractivity contribution is 0.213. The first-order valence-corrected chi connectivity index (χ1v) is 12.6. The minimum absolute atomic E-state index is 0.130. The van der Waals surface area contributed by atoms with E-state index in [1.807, 2.05) is 50.2 Å². The Morgan fingerprint density at radius 1 is 1.06 bits per heavy atom. The number of hydrogen-bond donors (Lipinski definition) is 1. The van der Waals surface area contributed by atoms with Gasteiger partial charge in [0.05, 0.1) is 18.4 Å². The Labute approximate surface area is 205 Å². The molecule has 0 bridgehead atoms. The van der Waals surface area contributed by atoms with Crippen LogP contribution in [0, 0.1) is 5.92 Å². The van der Waals surface area contributed by atoms with Gasteiger partial charge in [-0.3, -0.25) is 0 Å². The molecular formula is C28H40N4O2. The maximum atomic E-state index is 13.1. The van der Waals surface area contributed by atoms with Gasteiger partial charge in [-0.2, -0.15) is 5.10 Å². The molecule has 0 saturated carbocycles. The number of benzene rings is 2. The molecule has 0 radical (unpaired) electrons. The van der Waals surface area contributed by atoms with Crippen LogP contribution in [0.2, 0.25) is 0 Å². The summed E-state index contributed by atoms with van der Waals surface area (Å²) in [6.45, 7) is 16.3. The number of carbonyl (C=O) groups is 1. The lowest BCUT2D eigenvalue weighted by Crippen LogP contribution is -2.32. The number of hydrogen-bond acceptors (Lipinski definition) is 4. The first kappa shape index (κ1) is 25.8. The Morgan fingerprint density at radius 2 is 1.71 bits per heavy atom. The highest BCUT2D eigenvalue weighted by atomic mass is 16.5. The van der Waals surface area contributed by atoms with Gasteiger partial charge in [0.25, 0.3) is 0 Å². The van der Waals surface area contributed by atoms with Crippen LogP contribution in [0.3, 0.4) is 0 Å². The van der Waals surface area contributed by atoms with Crippen LogP contribution in [0.5, 0.6) is 5.75 Å². The molecule has 0 aliphatic carbocycles. The Kier molecular flexibility index (Phi) is 9.11. The minimum Gasteiger partial charge on any atom is -0.491 e. The van der Waals surface area contributed by atoms with Crippen LogP contribution in [-0.2, 0) is 0 Å². The number of nitrogens with zero attached hydrogens (tertiary/aromatic N) is 3. The molecule has 3 rings (SSSR count). The number of carbonyl (C=O) groups excluding carboxylic acids is 1. The first-order valence-electron chi connectivity index (χ1n) is 12.6. The zero-order valence-electron chi connectivity index (χ0n) is 21.5. The van der Waals surface area contributed by atoms with Gasteiger partial charge in [0, 0.05) is 11.6 Å². The van der Waals surface area contributed by atoms with Crippen LogP contribution in [0.4, 0.5) is 10.5 Å². The van der Waals surface area contributed by atoms with E-state index in [0.29, 0.717) is 12.5 Å². The van der Waals surface area contributed by atoms with E-state index in [9.17, 15) is 4.79 Å². The Hall–Kier alpha value is -2.86. The number of urea groups is 1. The molecule has 1 unspecified atom stereocenters. The number of hydrazone groups is 1. The largest absolute Gasteiger partial charge is 0.491 e. The molecule has 1 aliphatic rings. The molecule has 0 aromatic heterocycles. The van der Waals surface area contributed by atoms with Gasteiger partial charge in [0.15, 0.2) is 0 Å². The molecule has 6 heteroatoms. The standard InChI is InChI=1S/C28H40N4O2/c1-7-31(8-2)18-17-24-19-32(28(33)29-25-13-9-22(10-14-25)20(3)4)30-27(24)23-11-15-26(16-12-23)34-21(5)6/h9-16,20-21,24H,7-8,17-19H2,1-6H3,(H,29,33). The number of anilines is 1. The van der Waals surface area contributed by atoms with E-state index in [4.69, 9.17) is 9.84 Å². The van der Waals surface area contributed by atoms with Gasteiger partial charge in [-0.1, -0.05) is 39.8 Å². The zero-order valence-corrected chi connectivity index (χ0v) is 21.5. The summed E-state index contributed by atoms with van der Waals surface area (Å²) in [5.74, 6) is 1.49. The van der Waals surface area contributed by atoms with Crippen LogP contribution < -0.4 is 10.1 Å². The second-order valence-electron chi connectivity index (χ2n) is 9.48. The average Bonchev–Trinajstić information content (AvgIpc) is 3.24. The fourth-order valence-electron chi connectivity index (χ4n) is 4.19. The van der Waals surface area contributed by atoms with Crippen molar-refractivity contribution in [2.24, 2.45) is 11.0 Å². The van der Waals surface area contributed by atoms with Crippen molar-refractivity contribution in [3.63, 3.8) is 0 Å². The summed E-state index contributed by atoms with van der Waals surface area (Å²) in [5, 5.41) is 9.37. The van der Waals surface area contributed by atoms with E-state index in [1.165, 1.54) is 5.56 Å². The quantitative estimate of drug-likeness (QED) is 0.456. The maximum absolute atomic E-state index is 13.1. The van der Waals surface area contributed by atoms with Crippen molar-refractivity contribution < 1.29 is 9.53 Å². The predicted octanol–water partition coefficient (Wildman–Crippen LogP) is 6.20. The zero-order chi connectivity index (χ0) is 24.7. The minimum atomic E-state index is -0.195. The van der Waals surface area contributed by atoms with Crippen LogP contribution in [0.1, 0.15) is 65.0 Å². The Balaban J connectivity index is 1.76. The second kappa shape index (κ2) is 12.0. The summed E-state index contributed by atoms with van der Waals surface area (Å²) in [7, 11) is 0. The molecule has 1 aliphatic heterocycles. The van der Waals surface area contributed by atoms with Crippen molar-refractivity contribution in [1.82, 2.24) is 9.91 Å². The molecule has 184 valence electrons. The SMILES string of the molecule is CCN(CC)CCC1CN(C(=O)Nc2ccc(C(C)C)cc2)N=C1c1ccc(OC(C)C)cc1. The maximum Gasteiger partial charge on any atom is 0.342 e. The summed E-state index contributed by atoms with van der Waals surface area (Å²) in [6.07, 6.45) is 1.09.